The third-order valence-corrected chi connectivity index (χ3v) is 5.07. The van der Waals surface area contributed by atoms with E-state index in [0.29, 0.717) is 13.2 Å². The van der Waals surface area contributed by atoms with Crippen molar-refractivity contribution in [2.45, 2.75) is 18.9 Å². The van der Waals surface area contributed by atoms with Crippen LogP contribution in [0.5, 0.6) is 0 Å². The van der Waals surface area contributed by atoms with Crippen molar-refractivity contribution < 1.29 is 40.4 Å². The van der Waals surface area contributed by atoms with Gasteiger partial charge in [0.2, 0.25) is 5.82 Å². The molecule has 8 nitrogen and oxygen atoms in total. The number of amides is 2. The fourth-order valence-electron chi connectivity index (χ4n) is 3.31. The third-order valence-electron chi connectivity index (χ3n) is 5.07. The van der Waals surface area contributed by atoms with E-state index in [2.05, 4.69) is 19.6 Å². The van der Waals surface area contributed by atoms with Gasteiger partial charge in [-0.1, -0.05) is 11.2 Å². The Labute approximate surface area is 194 Å². The lowest BCUT2D eigenvalue weighted by Gasteiger charge is -2.33. The van der Waals surface area contributed by atoms with Gasteiger partial charge >= 0.3 is 24.3 Å². The lowest BCUT2D eigenvalue weighted by molar-refractivity contribution is -0.159. The summed E-state index contributed by atoms with van der Waals surface area (Å²) in [5.74, 6) is -1.85. The number of carbonyl (C=O) groups excluding carboxylic acids is 1. The average molecular weight is 501 g/mol. The minimum absolute atomic E-state index is 0.00943. The highest BCUT2D eigenvalue weighted by Crippen LogP contribution is 2.33. The van der Waals surface area contributed by atoms with Crippen molar-refractivity contribution in [3.8, 4) is 11.4 Å². The predicted molar refractivity (Wildman–Crippen MR) is 108 cm³/mol. The molecule has 1 fully saturated rings. The molecule has 0 radical (unpaired) electrons. The molecule has 0 aliphatic carbocycles. The van der Waals surface area contributed by atoms with Crippen LogP contribution >= 0.6 is 0 Å². The predicted octanol–water partition coefficient (Wildman–Crippen LogP) is 4.63. The quantitative estimate of drug-likeness (QED) is 0.485. The molecule has 0 saturated carbocycles. The Morgan fingerprint density at radius 1 is 1.03 bits per heavy atom. The number of alkyl halides is 6. The van der Waals surface area contributed by atoms with E-state index in [1.54, 1.807) is 0 Å². The first-order valence-corrected chi connectivity index (χ1v) is 10.2. The maximum Gasteiger partial charge on any atom is 0.471 e. The summed E-state index contributed by atoms with van der Waals surface area (Å²) in [4.78, 5) is 23.2. The molecular weight excluding hydrogens is 484 g/mol. The highest BCUT2D eigenvalue weighted by molar-refractivity contribution is 5.92. The van der Waals surface area contributed by atoms with Crippen molar-refractivity contribution in [1.82, 2.24) is 20.0 Å². The van der Waals surface area contributed by atoms with Gasteiger partial charge in [0.25, 0.3) is 0 Å². The number of pyridine rings is 1. The van der Waals surface area contributed by atoms with Crippen LogP contribution in [-0.4, -0.2) is 52.4 Å². The van der Waals surface area contributed by atoms with E-state index in [-0.39, 0.29) is 42.4 Å². The van der Waals surface area contributed by atoms with Crippen molar-refractivity contribution in [3.63, 3.8) is 0 Å². The zero-order chi connectivity index (χ0) is 25.2. The first-order chi connectivity index (χ1) is 16.5. The average Bonchev–Trinajstić information content (AvgIpc) is 3.34. The molecule has 35 heavy (non-hydrogen) atoms. The van der Waals surface area contributed by atoms with Crippen molar-refractivity contribution in [1.29, 1.82) is 0 Å². The molecule has 14 heteroatoms. The van der Waals surface area contributed by atoms with Crippen LogP contribution in [0.25, 0.3) is 11.4 Å². The molecule has 2 amide bonds. The van der Waals surface area contributed by atoms with Gasteiger partial charge in [-0.05, 0) is 30.3 Å². The smallest absolute Gasteiger partial charge is 0.378 e. The van der Waals surface area contributed by atoms with Crippen LogP contribution in [0.1, 0.15) is 17.1 Å². The number of aromatic nitrogens is 3. The Kier molecular flexibility index (Phi) is 6.65. The van der Waals surface area contributed by atoms with Crippen LogP contribution in [-0.2, 0) is 23.6 Å². The molecule has 1 aromatic carbocycles. The van der Waals surface area contributed by atoms with Crippen LogP contribution in [0, 0.1) is 0 Å². The van der Waals surface area contributed by atoms with E-state index >= 15 is 0 Å². The van der Waals surface area contributed by atoms with Crippen LogP contribution < -0.4 is 4.90 Å². The van der Waals surface area contributed by atoms with Gasteiger partial charge in [0.05, 0.1) is 31.0 Å². The third kappa shape index (κ3) is 5.70. The maximum absolute atomic E-state index is 13.3. The molecule has 0 spiro atoms. The second-order valence-electron chi connectivity index (χ2n) is 7.48. The number of halogens is 6. The van der Waals surface area contributed by atoms with Gasteiger partial charge in [-0.2, -0.15) is 31.3 Å². The number of carbonyl (C=O) groups is 1. The molecule has 0 atom stereocenters. The second kappa shape index (κ2) is 9.52. The summed E-state index contributed by atoms with van der Waals surface area (Å²) < 4.78 is 87.3. The Hall–Kier alpha value is -3.68. The monoisotopic (exact) mass is 501 g/mol. The Bertz CT molecular complexity index is 1170. The Morgan fingerprint density at radius 3 is 2.37 bits per heavy atom. The largest absolute Gasteiger partial charge is 0.471 e. The van der Waals surface area contributed by atoms with Gasteiger partial charge in [-0.3, -0.25) is 9.88 Å². The summed E-state index contributed by atoms with van der Waals surface area (Å²) in [5, 5.41) is 3.28. The molecule has 3 heterocycles. The molecular formula is C21H17F6N5O3. The molecule has 2 aromatic heterocycles. The lowest BCUT2D eigenvalue weighted by Crippen LogP contribution is -2.48. The molecule has 1 saturated heterocycles. The van der Waals surface area contributed by atoms with E-state index in [4.69, 9.17) is 4.74 Å². The van der Waals surface area contributed by atoms with E-state index in [1.165, 1.54) is 35.4 Å². The molecule has 1 aliphatic rings. The molecule has 0 bridgehead atoms. The number of benzene rings is 1. The second-order valence-corrected chi connectivity index (χ2v) is 7.48. The lowest BCUT2D eigenvalue weighted by atomic mass is 10.1. The Morgan fingerprint density at radius 2 is 1.77 bits per heavy atom. The van der Waals surface area contributed by atoms with Gasteiger partial charge in [0, 0.05) is 30.5 Å². The maximum atomic E-state index is 13.3. The van der Waals surface area contributed by atoms with Crippen molar-refractivity contribution >= 4 is 11.7 Å². The summed E-state index contributed by atoms with van der Waals surface area (Å²) >= 11 is 0. The van der Waals surface area contributed by atoms with Gasteiger partial charge in [-0.25, -0.2) is 4.79 Å². The fraction of sp³-hybridized carbons (Fsp3) is 0.333. The standard InChI is InChI=1S/C21H17F6N5O3/c22-20(23,24)14-2-1-3-16(10-14)32(19(33)31-6-8-34-9-7-31)12-15-5-4-13(11-28-15)17-29-18(35-30-17)21(25,26)27/h1-5,10-11H,6-9,12H2. The number of ether oxygens (including phenoxy) is 1. The summed E-state index contributed by atoms with van der Waals surface area (Å²) in [7, 11) is 0. The zero-order valence-corrected chi connectivity index (χ0v) is 17.8. The van der Waals surface area contributed by atoms with Gasteiger partial charge in [0.15, 0.2) is 0 Å². The SMILES string of the molecule is O=C(N1CCOCC1)N(Cc1ccc(-c2noc(C(F)(F)F)n2)cn1)c1cccc(C(F)(F)F)c1. The molecule has 1 aliphatic heterocycles. The number of hydrogen-bond donors (Lipinski definition) is 0. The normalized spacial score (nSPS) is 14.7. The van der Waals surface area contributed by atoms with E-state index in [9.17, 15) is 31.1 Å². The number of morpholine rings is 1. The highest BCUT2D eigenvalue weighted by atomic mass is 19.4. The Balaban J connectivity index is 1.61. The number of rotatable bonds is 4. The first kappa shape index (κ1) is 24.4. The minimum Gasteiger partial charge on any atom is -0.378 e. The summed E-state index contributed by atoms with van der Waals surface area (Å²) in [6.07, 6.45) is -8.22. The molecule has 0 N–H and O–H groups in total. The first-order valence-electron chi connectivity index (χ1n) is 10.2. The number of hydrogen-bond acceptors (Lipinski definition) is 6. The van der Waals surface area contributed by atoms with Crippen molar-refractivity contribution in [2.75, 3.05) is 31.2 Å². The summed E-state index contributed by atoms with van der Waals surface area (Å²) in [6, 6.07) is 6.58. The van der Waals surface area contributed by atoms with E-state index < -0.39 is 29.8 Å². The van der Waals surface area contributed by atoms with Crippen LogP contribution in [0.3, 0.4) is 0 Å². The summed E-state index contributed by atoms with van der Waals surface area (Å²) in [6.45, 7) is 0.914. The van der Waals surface area contributed by atoms with Gasteiger partial charge in [0.1, 0.15) is 0 Å². The van der Waals surface area contributed by atoms with Gasteiger partial charge in [-0.15, -0.1) is 0 Å². The molecule has 0 unspecified atom stereocenters. The van der Waals surface area contributed by atoms with E-state index in [1.807, 2.05) is 0 Å². The zero-order valence-electron chi connectivity index (χ0n) is 17.8. The molecule has 186 valence electrons. The molecule has 3 aromatic rings. The van der Waals surface area contributed by atoms with Crippen LogP contribution in [0.15, 0.2) is 47.1 Å². The summed E-state index contributed by atoms with van der Waals surface area (Å²) in [5.41, 5.74) is -0.517. The number of nitrogens with zero attached hydrogens (tertiary/aromatic N) is 5. The topological polar surface area (TPSA) is 84.6 Å². The van der Waals surface area contributed by atoms with Crippen molar-refractivity contribution in [3.05, 3.63) is 59.7 Å². The fourth-order valence-corrected chi connectivity index (χ4v) is 3.31. The van der Waals surface area contributed by atoms with Gasteiger partial charge < -0.3 is 14.2 Å². The van der Waals surface area contributed by atoms with Crippen LogP contribution in [0.4, 0.5) is 36.8 Å². The molecule has 4 rings (SSSR count). The minimum atomic E-state index is -4.80. The number of anilines is 1. The van der Waals surface area contributed by atoms with Crippen LogP contribution in [0.2, 0.25) is 0 Å². The number of urea groups is 1. The highest BCUT2D eigenvalue weighted by Gasteiger charge is 2.38. The van der Waals surface area contributed by atoms with E-state index in [0.717, 1.165) is 17.0 Å². The van der Waals surface area contributed by atoms with Crippen molar-refractivity contribution in [2.24, 2.45) is 0 Å².